The topological polar surface area (TPSA) is 20.2 Å². The zero-order chi connectivity index (χ0) is 10.5. The molecule has 0 fully saturated rings. The SMILES string of the molecule is Oc1cccc(C[CH]c2ccccc2)c1. The fourth-order valence-electron chi connectivity index (χ4n) is 1.51. The second-order valence-corrected chi connectivity index (χ2v) is 3.49. The average molecular weight is 197 g/mol. The minimum atomic E-state index is 0.328. The average Bonchev–Trinajstić information content (AvgIpc) is 2.28. The van der Waals surface area contributed by atoms with Crippen LogP contribution in [0.15, 0.2) is 54.6 Å². The molecular formula is C14H13O. The monoisotopic (exact) mass is 197 g/mol. The van der Waals surface area contributed by atoms with E-state index in [4.69, 9.17) is 0 Å². The van der Waals surface area contributed by atoms with Crippen molar-refractivity contribution in [3.8, 4) is 5.75 Å². The Morgan fingerprint density at radius 2 is 1.73 bits per heavy atom. The molecule has 0 unspecified atom stereocenters. The summed E-state index contributed by atoms with van der Waals surface area (Å²) in [7, 11) is 0. The molecule has 0 amide bonds. The highest BCUT2D eigenvalue weighted by atomic mass is 16.3. The van der Waals surface area contributed by atoms with E-state index in [0.29, 0.717) is 5.75 Å². The molecule has 2 aromatic rings. The maximum atomic E-state index is 9.30. The van der Waals surface area contributed by atoms with Crippen molar-refractivity contribution in [1.29, 1.82) is 0 Å². The van der Waals surface area contributed by atoms with Gasteiger partial charge in [0.15, 0.2) is 0 Å². The molecule has 0 aliphatic carbocycles. The summed E-state index contributed by atoms with van der Waals surface area (Å²) in [6.45, 7) is 0. The number of phenols is 1. The second-order valence-electron chi connectivity index (χ2n) is 3.49. The van der Waals surface area contributed by atoms with Crippen LogP contribution in [0, 0.1) is 6.42 Å². The van der Waals surface area contributed by atoms with E-state index in [9.17, 15) is 5.11 Å². The smallest absolute Gasteiger partial charge is 0.115 e. The van der Waals surface area contributed by atoms with Crippen molar-refractivity contribution in [2.24, 2.45) is 0 Å². The van der Waals surface area contributed by atoms with Gasteiger partial charge >= 0.3 is 0 Å². The van der Waals surface area contributed by atoms with Crippen LogP contribution in [-0.4, -0.2) is 5.11 Å². The summed E-state index contributed by atoms with van der Waals surface area (Å²) in [6, 6.07) is 17.5. The van der Waals surface area contributed by atoms with Crippen LogP contribution in [0.25, 0.3) is 0 Å². The van der Waals surface area contributed by atoms with Gasteiger partial charge in [0.05, 0.1) is 0 Å². The third-order valence-corrected chi connectivity index (χ3v) is 2.28. The van der Waals surface area contributed by atoms with E-state index in [0.717, 1.165) is 12.0 Å². The van der Waals surface area contributed by atoms with Crippen LogP contribution in [0.5, 0.6) is 5.75 Å². The maximum absolute atomic E-state index is 9.30. The van der Waals surface area contributed by atoms with Crippen LogP contribution >= 0.6 is 0 Å². The Bertz CT molecular complexity index is 420. The Kier molecular flexibility index (Phi) is 3.03. The lowest BCUT2D eigenvalue weighted by molar-refractivity contribution is 0.474. The van der Waals surface area contributed by atoms with E-state index in [1.165, 1.54) is 5.56 Å². The standard InChI is InChI=1S/C14H13O/c15-14-8-4-7-13(11-14)10-9-12-5-2-1-3-6-12/h1-9,11,15H,10H2. The van der Waals surface area contributed by atoms with Crippen LogP contribution in [0.4, 0.5) is 0 Å². The van der Waals surface area contributed by atoms with Crippen molar-refractivity contribution < 1.29 is 5.11 Å². The van der Waals surface area contributed by atoms with Crippen molar-refractivity contribution >= 4 is 0 Å². The zero-order valence-electron chi connectivity index (χ0n) is 8.43. The van der Waals surface area contributed by atoms with Crippen molar-refractivity contribution in [2.45, 2.75) is 6.42 Å². The Morgan fingerprint density at radius 3 is 2.47 bits per heavy atom. The number of benzene rings is 2. The number of rotatable bonds is 3. The van der Waals surface area contributed by atoms with Gasteiger partial charge in [-0.1, -0.05) is 42.5 Å². The van der Waals surface area contributed by atoms with Crippen LogP contribution in [0.1, 0.15) is 11.1 Å². The molecule has 1 N–H and O–H groups in total. The minimum absolute atomic E-state index is 0.328. The van der Waals surface area contributed by atoms with Crippen molar-refractivity contribution in [1.82, 2.24) is 0 Å². The first-order valence-electron chi connectivity index (χ1n) is 5.01. The van der Waals surface area contributed by atoms with Gasteiger partial charge in [-0.3, -0.25) is 0 Å². The molecule has 2 rings (SSSR count). The molecule has 0 aromatic heterocycles. The fourth-order valence-corrected chi connectivity index (χ4v) is 1.51. The van der Waals surface area contributed by atoms with Gasteiger partial charge in [-0.15, -0.1) is 0 Å². The van der Waals surface area contributed by atoms with Crippen molar-refractivity contribution in [3.05, 3.63) is 72.1 Å². The molecule has 0 aliphatic rings. The van der Waals surface area contributed by atoms with Crippen LogP contribution in [0.2, 0.25) is 0 Å². The van der Waals surface area contributed by atoms with Crippen LogP contribution in [0.3, 0.4) is 0 Å². The summed E-state index contributed by atoms with van der Waals surface area (Å²) in [5.41, 5.74) is 2.33. The molecule has 0 heterocycles. The largest absolute Gasteiger partial charge is 0.508 e. The fraction of sp³-hybridized carbons (Fsp3) is 0.0714. The van der Waals surface area contributed by atoms with E-state index in [2.05, 4.69) is 18.6 Å². The van der Waals surface area contributed by atoms with E-state index in [1.54, 1.807) is 12.1 Å². The summed E-state index contributed by atoms with van der Waals surface area (Å²) in [5, 5.41) is 9.30. The summed E-state index contributed by atoms with van der Waals surface area (Å²) in [6.07, 6.45) is 2.99. The van der Waals surface area contributed by atoms with Gasteiger partial charge in [-0.25, -0.2) is 0 Å². The highest BCUT2D eigenvalue weighted by Gasteiger charge is 1.96. The van der Waals surface area contributed by atoms with Crippen LogP contribution in [-0.2, 0) is 6.42 Å². The Balaban J connectivity index is 1.99. The summed E-state index contributed by atoms with van der Waals surface area (Å²) in [4.78, 5) is 0. The molecule has 1 heteroatoms. The van der Waals surface area contributed by atoms with Gasteiger partial charge in [0.2, 0.25) is 0 Å². The predicted octanol–water partition coefficient (Wildman–Crippen LogP) is 3.19. The van der Waals surface area contributed by atoms with Crippen molar-refractivity contribution in [3.63, 3.8) is 0 Å². The van der Waals surface area contributed by atoms with Crippen molar-refractivity contribution in [2.75, 3.05) is 0 Å². The highest BCUT2D eigenvalue weighted by molar-refractivity contribution is 5.31. The third-order valence-electron chi connectivity index (χ3n) is 2.28. The van der Waals surface area contributed by atoms with Gasteiger partial charge in [0.1, 0.15) is 5.75 Å². The van der Waals surface area contributed by atoms with E-state index in [-0.39, 0.29) is 0 Å². The lowest BCUT2D eigenvalue weighted by Gasteiger charge is -2.01. The summed E-state index contributed by atoms with van der Waals surface area (Å²) in [5.74, 6) is 0.328. The quantitative estimate of drug-likeness (QED) is 0.801. The van der Waals surface area contributed by atoms with Gasteiger partial charge in [-0.2, -0.15) is 0 Å². The second kappa shape index (κ2) is 4.65. The molecule has 0 saturated carbocycles. The minimum Gasteiger partial charge on any atom is -0.508 e. The van der Waals surface area contributed by atoms with Gasteiger partial charge in [0, 0.05) is 0 Å². The molecule has 0 bridgehead atoms. The molecular weight excluding hydrogens is 184 g/mol. The lowest BCUT2D eigenvalue weighted by atomic mass is 10.0. The summed E-state index contributed by atoms with van der Waals surface area (Å²) >= 11 is 0. The molecule has 0 atom stereocenters. The number of hydrogen-bond acceptors (Lipinski definition) is 1. The normalized spacial score (nSPS) is 10.1. The molecule has 1 nitrogen and oxygen atoms in total. The molecule has 75 valence electrons. The first kappa shape index (κ1) is 9.78. The summed E-state index contributed by atoms with van der Waals surface area (Å²) < 4.78 is 0. The molecule has 0 aliphatic heterocycles. The Hall–Kier alpha value is -1.76. The number of phenolic OH excluding ortho intramolecular Hbond substituents is 1. The van der Waals surface area contributed by atoms with E-state index < -0.39 is 0 Å². The lowest BCUT2D eigenvalue weighted by Crippen LogP contribution is -1.87. The van der Waals surface area contributed by atoms with Gasteiger partial charge in [-0.05, 0) is 36.1 Å². The number of aromatic hydroxyl groups is 1. The van der Waals surface area contributed by atoms with Gasteiger partial charge in [0.25, 0.3) is 0 Å². The molecule has 15 heavy (non-hydrogen) atoms. The Morgan fingerprint density at radius 1 is 0.933 bits per heavy atom. The third kappa shape index (κ3) is 2.84. The maximum Gasteiger partial charge on any atom is 0.115 e. The predicted molar refractivity (Wildman–Crippen MR) is 61.7 cm³/mol. The first-order chi connectivity index (χ1) is 7.34. The highest BCUT2D eigenvalue weighted by Crippen LogP contribution is 2.14. The number of hydrogen-bond donors (Lipinski definition) is 1. The molecule has 0 saturated heterocycles. The first-order valence-corrected chi connectivity index (χ1v) is 5.01. The van der Waals surface area contributed by atoms with E-state index >= 15 is 0 Å². The van der Waals surface area contributed by atoms with Gasteiger partial charge < -0.3 is 5.11 Å². The molecule has 1 radical (unpaired) electrons. The van der Waals surface area contributed by atoms with E-state index in [1.807, 2.05) is 30.3 Å². The van der Waals surface area contributed by atoms with Crippen LogP contribution < -0.4 is 0 Å². The zero-order valence-corrected chi connectivity index (χ0v) is 8.43. The Labute approximate surface area is 90.0 Å². The molecule has 0 spiro atoms. The molecule has 2 aromatic carbocycles.